The predicted molar refractivity (Wildman–Crippen MR) is 117 cm³/mol. The van der Waals surface area contributed by atoms with E-state index in [1.54, 1.807) is 0 Å². The van der Waals surface area contributed by atoms with Crippen molar-refractivity contribution < 1.29 is 10.3 Å². The molecule has 0 aliphatic carbocycles. The molecule has 2 aromatic carbocycles. The highest BCUT2D eigenvalue weighted by Gasteiger charge is 2.19. The third-order valence-corrected chi connectivity index (χ3v) is 5.39. The molecule has 0 saturated heterocycles. The molecule has 0 saturated carbocycles. The molecule has 2 aromatic rings. The first-order valence-electron chi connectivity index (χ1n) is 10.7. The van der Waals surface area contributed by atoms with E-state index in [9.17, 15) is 10.3 Å². The predicted octanol–water partition coefficient (Wildman–Crippen LogP) is 6.52. The summed E-state index contributed by atoms with van der Waals surface area (Å²) < 4.78 is 0. The van der Waals surface area contributed by atoms with Crippen LogP contribution in [0.5, 0.6) is 0 Å². The molecule has 0 heterocycles. The first-order valence-corrected chi connectivity index (χ1v) is 10.7. The summed E-state index contributed by atoms with van der Waals surface area (Å²) in [7, 11) is 0. The Morgan fingerprint density at radius 1 is 0.857 bits per heavy atom. The summed E-state index contributed by atoms with van der Waals surface area (Å²) >= 11 is 0. The van der Waals surface area contributed by atoms with Crippen LogP contribution >= 0.6 is 0 Å². The Morgan fingerprint density at radius 2 is 1.54 bits per heavy atom. The van der Waals surface area contributed by atoms with Gasteiger partial charge in [0.15, 0.2) is 0 Å². The van der Waals surface area contributed by atoms with E-state index < -0.39 is 0 Å². The third kappa shape index (κ3) is 6.79. The Hall–Kier alpha value is -2.13. The first kappa shape index (κ1) is 22.2. The molecule has 2 N–H and O–H groups in total. The van der Waals surface area contributed by atoms with Gasteiger partial charge in [0.2, 0.25) is 0 Å². The van der Waals surface area contributed by atoms with E-state index in [4.69, 9.17) is 0 Å². The van der Waals surface area contributed by atoms with Crippen LogP contribution in [0.4, 0.5) is 0 Å². The monoisotopic (exact) mass is 381 g/mol. The molecular weight excluding hydrogens is 346 g/mol. The van der Waals surface area contributed by atoms with Gasteiger partial charge in [-0.3, -0.25) is 0 Å². The maximum atomic E-state index is 9.83. The quantitative estimate of drug-likeness (QED) is 0.190. The van der Waals surface area contributed by atoms with Gasteiger partial charge in [-0.25, -0.2) is 0 Å². The molecule has 2 atom stereocenters. The zero-order valence-corrected chi connectivity index (χ0v) is 17.3. The fourth-order valence-electron chi connectivity index (χ4n) is 3.82. The smallest absolute Gasteiger partial charge is 0.117 e. The van der Waals surface area contributed by atoms with Gasteiger partial charge in [0, 0.05) is 11.1 Å². The zero-order chi connectivity index (χ0) is 20.2. The van der Waals surface area contributed by atoms with Crippen LogP contribution in [-0.4, -0.2) is 22.1 Å². The van der Waals surface area contributed by atoms with E-state index in [0.717, 1.165) is 30.4 Å². The van der Waals surface area contributed by atoms with Crippen molar-refractivity contribution in [3.05, 3.63) is 71.3 Å². The Morgan fingerprint density at radius 3 is 2.21 bits per heavy atom. The SMILES string of the molecule is CCCCCCCC(CCC(C)O)c1ccccc1C(=NO)c1ccccc1. The summed E-state index contributed by atoms with van der Waals surface area (Å²) in [6, 6.07) is 18.1. The summed E-state index contributed by atoms with van der Waals surface area (Å²) in [4.78, 5) is 0. The fraction of sp³-hybridized carbons (Fsp3) is 0.480. The van der Waals surface area contributed by atoms with Crippen LogP contribution in [0, 0.1) is 0 Å². The topological polar surface area (TPSA) is 52.8 Å². The van der Waals surface area contributed by atoms with Crippen LogP contribution in [0.1, 0.15) is 87.8 Å². The highest BCUT2D eigenvalue weighted by atomic mass is 16.4. The number of rotatable bonds is 12. The second-order valence-electron chi connectivity index (χ2n) is 7.73. The summed E-state index contributed by atoms with van der Waals surface area (Å²) in [5.74, 6) is 0.355. The second kappa shape index (κ2) is 12.4. The lowest BCUT2D eigenvalue weighted by Gasteiger charge is -2.22. The van der Waals surface area contributed by atoms with Gasteiger partial charge in [-0.15, -0.1) is 0 Å². The van der Waals surface area contributed by atoms with Crippen molar-refractivity contribution in [2.45, 2.75) is 77.2 Å². The molecule has 28 heavy (non-hydrogen) atoms. The highest BCUT2D eigenvalue weighted by molar-refractivity contribution is 6.13. The molecule has 0 spiro atoms. The molecular formula is C25H35NO2. The minimum Gasteiger partial charge on any atom is -0.410 e. The summed E-state index contributed by atoms with van der Waals surface area (Å²) in [6.07, 6.45) is 8.80. The van der Waals surface area contributed by atoms with E-state index in [1.807, 2.05) is 49.4 Å². The lowest BCUT2D eigenvalue weighted by Crippen LogP contribution is -2.12. The van der Waals surface area contributed by atoms with Gasteiger partial charge in [-0.05, 0) is 37.7 Å². The number of unbranched alkanes of at least 4 members (excludes halogenated alkanes) is 4. The van der Waals surface area contributed by atoms with E-state index >= 15 is 0 Å². The molecule has 0 radical (unpaired) electrons. The van der Waals surface area contributed by atoms with Crippen molar-refractivity contribution in [3.63, 3.8) is 0 Å². The highest BCUT2D eigenvalue weighted by Crippen LogP contribution is 2.32. The number of aliphatic hydroxyl groups is 1. The normalized spacial score (nSPS) is 14.0. The lowest BCUT2D eigenvalue weighted by molar-refractivity contribution is 0.177. The molecule has 0 fully saturated rings. The molecule has 0 aliphatic heterocycles. The number of benzene rings is 2. The van der Waals surface area contributed by atoms with Gasteiger partial charge < -0.3 is 10.3 Å². The Bertz CT molecular complexity index is 709. The van der Waals surface area contributed by atoms with E-state index in [2.05, 4.69) is 24.2 Å². The molecule has 2 rings (SSSR count). The van der Waals surface area contributed by atoms with Crippen LogP contribution < -0.4 is 0 Å². The number of oxime groups is 1. The first-order chi connectivity index (χ1) is 13.7. The van der Waals surface area contributed by atoms with Gasteiger partial charge in [-0.1, -0.05) is 98.8 Å². The van der Waals surface area contributed by atoms with Crippen molar-refractivity contribution in [1.82, 2.24) is 0 Å². The van der Waals surface area contributed by atoms with Crippen molar-refractivity contribution >= 4 is 5.71 Å². The lowest BCUT2D eigenvalue weighted by atomic mass is 9.83. The van der Waals surface area contributed by atoms with Gasteiger partial charge in [0.05, 0.1) is 6.10 Å². The minimum atomic E-state index is -0.296. The summed E-state index contributed by atoms with van der Waals surface area (Å²) in [5, 5.41) is 23.3. The maximum absolute atomic E-state index is 9.83. The Balaban J connectivity index is 2.26. The molecule has 2 unspecified atom stereocenters. The van der Waals surface area contributed by atoms with Gasteiger partial charge in [0.1, 0.15) is 5.71 Å². The average molecular weight is 382 g/mol. The van der Waals surface area contributed by atoms with Crippen molar-refractivity contribution in [2.24, 2.45) is 5.16 Å². The van der Waals surface area contributed by atoms with Crippen LogP contribution in [-0.2, 0) is 0 Å². The average Bonchev–Trinajstić information content (AvgIpc) is 2.72. The van der Waals surface area contributed by atoms with Gasteiger partial charge >= 0.3 is 0 Å². The number of hydrogen-bond acceptors (Lipinski definition) is 3. The minimum absolute atomic E-state index is 0.296. The molecule has 152 valence electrons. The van der Waals surface area contributed by atoms with Crippen LogP contribution in [0.3, 0.4) is 0 Å². The van der Waals surface area contributed by atoms with E-state index in [1.165, 1.54) is 37.7 Å². The number of aliphatic hydroxyl groups excluding tert-OH is 1. The van der Waals surface area contributed by atoms with Crippen LogP contribution in [0.2, 0.25) is 0 Å². The van der Waals surface area contributed by atoms with Gasteiger partial charge in [0.25, 0.3) is 0 Å². The fourth-order valence-corrected chi connectivity index (χ4v) is 3.82. The molecule has 0 aliphatic rings. The molecule has 3 nitrogen and oxygen atoms in total. The standard InChI is InChI=1S/C25H35NO2/c1-3-4-5-6-8-13-21(19-18-20(2)27)23-16-11-12-17-24(23)25(26-28)22-14-9-7-10-15-22/h7,9-12,14-17,20-21,27-28H,3-6,8,13,18-19H2,1-2H3. The maximum Gasteiger partial charge on any atom is 0.117 e. The largest absolute Gasteiger partial charge is 0.410 e. The van der Waals surface area contributed by atoms with Crippen LogP contribution in [0.25, 0.3) is 0 Å². The number of nitrogens with zero attached hydrogens (tertiary/aromatic N) is 1. The van der Waals surface area contributed by atoms with E-state index in [0.29, 0.717) is 11.6 Å². The molecule has 0 amide bonds. The Kier molecular flexibility index (Phi) is 9.78. The summed E-state index contributed by atoms with van der Waals surface area (Å²) in [5.41, 5.74) is 3.73. The zero-order valence-electron chi connectivity index (χ0n) is 17.3. The molecule has 0 bridgehead atoms. The van der Waals surface area contributed by atoms with Crippen molar-refractivity contribution in [3.8, 4) is 0 Å². The molecule has 3 heteroatoms. The van der Waals surface area contributed by atoms with E-state index in [-0.39, 0.29) is 6.10 Å². The third-order valence-electron chi connectivity index (χ3n) is 5.39. The molecule has 0 aromatic heterocycles. The summed E-state index contributed by atoms with van der Waals surface area (Å²) in [6.45, 7) is 4.09. The van der Waals surface area contributed by atoms with Gasteiger partial charge in [-0.2, -0.15) is 0 Å². The van der Waals surface area contributed by atoms with Crippen LogP contribution in [0.15, 0.2) is 59.8 Å². The van der Waals surface area contributed by atoms with Crippen molar-refractivity contribution in [2.75, 3.05) is 0 Å². The second-order valence-corrected chi connectivity index (χ2v) is 7.73. The van der Waals surface area contributed by atoms with Crippen molar-refractivity contribution in [1.29, 1.82) is 0 Å². The number of hydrogen-bond donors (Lipinski definition) is 2. The Labute approximate surface area is 170 Å².